The molecule has 11 nitrogen and oxygen atoms in total. The van der Waals surface area contributed by atoms with Crippen molar-refractivity contribution in [2.24, 2.45) is 5.73 Å². The van der Waals surface area contributed by atoms with Gasteiger partial charge in [-0.3, -0.25) is 20.6 Å². The number of H-pyrrole nitrogens is 1. The Hall–Kier alpha value is -4.77. The van der Waals surface area contributed by atoms with Gasteiger partial charge in [-0.05, 0) is 62.4 Å². The van der Waals surface area contributed by atoms with Gasteiger partial charge in [0.05, 0.1) is 11.0 Å². The molecule has 206 valence electrons. The first-order chi connectivity index (χ1) is 19.4. The highest BCUT2D eigenvalue weighted by molar-refractivity contribution is 5.95. The Morgan fingerprint density at radius 1 is 1.10 bits per heavy atom. The Kier molecular flexibility index (Phi) is 8.02. The number of amidine groups is 1. The SMILES string of the molecule is Cc1nc2c(CCc3ccc(C(=N)N)cc3)c(OC(=O)NN3CCC(NC(=O)c4ccccn4)CC3)ccc2[nH]1. The van der Waals surface area contributed by atoms with E-state index in [9.17, 15) is 9.59 Å². The van der Waals surface area contributed by atoms with Crippen molar-refractivity contribution in [3.8, 4) is 5.75 Å². The molecule has 2 aromatic carbocycles. The molecule has 3 heterocycles. The monoisotopic (exact) mass is 540 g/mol. The summed E-state index contributed by atoms with van der Waals surface area (Å²) >= 11 is 0. The third-order valence-electron chi connectivity index (χ3n) is 6.94. The van der Waals surface area contributed by atoms with Crippen LogP contribution in [-0.4, -0.2) is 56.9 Å². The van der Waals surface area contributed by atoms with Crippen molar-refractivity contribution in [2.75, 3.05) is 13.1 Å². The summed E-state index contributed by atoms with van der Waals surface area (Å²) < 4.78 is 5.79. The Labute approximate surface area is 231 Å². The zero-order chi connectivity index (χ0) is 28.1. The second-order valence-electron chi connectivity index (χ2n) is 9.82. The van der Waals surface area contributed by atoms with Gasteiger partial charge in [0, 0.05) is 36.5 Å². The van der Waals surface area contributed by atoms with E-state index in [1.165, 1.54) is 0 Å². The molecule has 6 N–H and O–H groups in total. The molecule has 0 bridgehead atoms. The summed E-state index contributed by atoms with van der Waals surface area (Å²) in [5, 5.41) is 12.4. The van der Waals surface area contributed by atoms with Gasteiger partial charge in [0.25, 0.3) is 5.91 Å². The number of aromatic nitrogens is 3. The molecule has 1 saturated heterocycles. The van der Waals surface area contributed by atoms with Crippen molar-refractivity contribution in [3.05, 3.63) is 89.0 Å². The quantitative estimate of drug-likeness (QED) is 0.169. The van der Waals surface area contributed by atoms with Crippen LogP contribution in [0.15, 0.2) is 60.8 Å². The third-order valence-corrected chi connectivity index (χ3v) is 6.94. The molecule has 1 aliphatic rings. The lowest BCUT2D eigenvalue weighted by molar-refractivity contribution is 0.0869. The van der Waals surface area contributed by atoms with E-state index in [-0.39, 0.29) is 17.8 Å². The maximum Gasteiger partial charge on any atom is 0.427 e. The van der Waals surface area contributed by atoms with Crippen molar-refractivity contribution >= 4 is 28.9 Å². The number of hydrogen-bond donors (Lipinski definition) is 5. The van der Waals surface area contributed by atoms with Gasteiger partial charge in [-0.25, -0.2) is 14.8 Å². The average molecular weight is 541 g/mol. The minimum atomic E-state index is -0.574. The number of piperidine rings is 1. The summed E-state index contributed by atoms with van der Waals surface area (Å²) in [6.45, 7) is 3.03. The Morgan fingerprint density at radius 3 is 2.58 bits per heavy atom. The first-order valence-corrected chi connectivity index (χ1v) is 13.2. The van der Waals surface area contributed by atoms with Crippen LogP contribution in [0.2, 0.25) is 0 Å². The number of pyridine rings is 1. The van der Waals surface area contributed by atoms with Crippen LogP contribution < -0.4 is 21.2 Å². The second kappa shape index (κ2) is 12.0. The van der Waals surface area contributed by atoms with Crippen LogP contribution in [0.4, 0.5) is 4.79 Å². The number of benzene rings is 2. The number of carbonyl (C=O) groups is 2. The minimum Gasteiger partial charge on any atom is -0.409 e. The highest BCUT2D eigenvalue weighted by Gasteiger charge is 2.24. The first-order valence-electron chi connectivity index (χ1n) is 13.2. The van der Waals surface area contributed by atoms with Gasteiger partial charge < -0.3 is 20.8 Å². The van der Waals surface area contributed by atoms with Crippen LogP contribution in [0.25, 0.3) is 11.0 Å². The van der Waals surface area contributed by atoms with Gasteiger partial charge in [-0.15, -0.1) is 0 Å². The zero-order valence-corrected chi connectivity index (χ0v) is 22.2. The minimum absolute atomic E-state index is 0.00463. The van der Waals surface area contributed by atoms with Gasteiger partial charge in [0.15, 0.2) is 0 Å². The van der Waals surface area contributed by atoms with Crippen LogP contribution >= 0.6 is 0 Å². The van der Waals surface area contributed by atoms with E-state index >= 15 is 0 Å². The van der Waals surface area contributed by atoms with Gasteiger partial charge in [0.1, 0.15) is 23.1 Å². The molecule has 5 rings (SSSR count). The lowest BCUT2D eigenvalue weighted by Gasteiger charge is -2.32. The molecule has 40 heavy (non-hydrogen) atoms. The number of nitrogens with two attached hydrogens (primary N) is 1. The lowest BCUT2D eigenvalue weighted by Crippen LogP contribution is -2.51. The summed E-state index contributed by atoms with van der Waals surface area (Å²) in [5.74, 6) is 1.07. The maximum absolute atomic E-state index is 12.9. The van der Waals surface area contributed by atoms with Crippen molar-refractivity contribution in [1.82, 2.24) is 30.7 Å². The molecule has 1 aliphatic heterocycles. The number of fused-ring (bicyclic) bond motifs is 1. The number of hydrogen-bond acceptors (Lipinski definition) is 7. The number of aromatic amines is 1. The van der Waals surface area contributed by atoms with Gasteiger partial charge in [-0.2, -0.15) is 0 Å². The number of nitrogens with zero attached hydrogens (tertiary/aromatic N) is 3. The van der Waals surface area contributed by atoms with Crippen LogP contribution in [0.3, 0.4) is 0 Å². The molecule has 2 aromatic heterocycles. The van der Waals surface area contributed by atoms with E-state index in [0.29, 0.717) is 55.8 Å². The number of ether oxygens (including phenoxy) is 1. The fraction of sp³-hybridized carbons (Fsp3) is 0.276. The van der Waals surface area contributed by atoms with Crippen LogP contribution in [0.5, 0.6) is 5.75 Å². The molecule has 0 unspecified atom stereocenters. The smallest absolute Gasteiger partial charge is 0.409 e. The number of imidazole rings is 1. The molecular weight excluding hydrogens is 508 g/mol. The fourth-order valence-electron chi connectivity index (χ4n) is 4.84. The normalized spacial score (nSPS) is 14.1. The van der Waals surface area contributed by atoms with E-state index < -0.39 is 6.09 Å². The van der Waals surface area contributed by atoms with Crippen LogP contribution in [-0.2, 0) is 12.8 Å². The number of amides is 2. The molecule has 11 heteroatoms. The van der Waals surface area contributed by atoms with Gasteiger partial charge in [-0.1, -0.05) is 30.3 Å². The van der Waals surface area contributed by atoms with E-state index in [4.69, 9.17) is 15.9 Å². The van der Waals surface area contributed by atoms with Crippen molar-refractivity contribution < 1.29 is 14.3 Å². The summed E-state index contributed by atoms with van der Waals surface area (Å²) in [6.07, 6.45) is 3.69. The summed E-state index contributed by atoms with van der Waals surface area (Å²) in [5.41, 5.74) is 13.0. The van der Waals surface area contributed by atoms with Crippen molar-refractivity contribution in [1.29, 1.82) is 5.41 Å². The molecule has 4 aromatic rings. The Morgan fingerprint density at radius 2 is 1.88 bits per heavy atom. The number of nitrogens with one attached hydrogen (secondary N) is 4. The first kappa shape index (κ1) is 26.8. The fourth-order valence-corrected chi connectivity index (χ4v) is 4.84. The summed E-state index contributed by atoms with van der Waals surface area (Å²) in [4.78, 5) is 37.2. The van der Waals surface area contributed by atoms with Crippen molar-refractivity contribution in [3.63, 3.8) is 0 Å². The largest absolute Gasteiger partial charge is 0.427 e. The molecule has 0 saturated carbocycles. The summed E-state index contributed by atoms with van der Waals surface area (Å²) in [6, 6.07) is 16.4. The lowest BCUT2D eigenvalue weighted by atomic mass is 10.0. The van der Waals surface area contributed by atoms with Gasteiger partial charge in [0.2, 0.25) is 0 Å². The molecular formula is C29H32N8O3. The predicted octanol–water partition coefficient (Wildman–Crippen LogP) is 3.23. The van der Waals surface area contributed by atoms with Gasteiger partial charge >= 0.3 is 6.09 Å². The highest BCUT2D eigenvalue weighted by atomic mass is 16.6. The Balaban J connectivity index is 1.20. The summed E-state index contributed by atoms with van der Waals surface area (Å²) in [7, 11) is 0. The third kappa shape index (κ3) is 6.44. The van der Waals surface area contributed by atoms with E-state index in [1.54, 1.807) is 35.5 Å². The van der Waals surface area contributed by atoms with E-state index in [2.05, 4.69) is 25.7 Å². The predicted molar refractivity (Wildman–Crippen MR) is 151 cm³/mol. The molecule has 0 spiro atoms. The number of aryl methyl sites for hydroxylation is 3. The number of rotatable bonds is 8. The number of nitrogen functional groups attached to an aromatic ring is 1. The molecule has 0 atom stereocenters. The standard InChI is InChI=1S/C29H32N8O3/c1-18-33-23-11-12-25(22(26(23)34-18)10-7-19-5-8-20(9-6-19)27(30)31)40-29(39)36-37-16-13-21(14-17-37)35-28(38)24-4-2-3-15-32-24/h2-6,8-9,11-12,15,21H,7,10,13-14,16-17H2,1H3,(H3,30,31)(H,33,34)(H,35,38)(H,36,39). The van der Waals surface area contributed by atoms with Crippen molar-refractivity contribution in [2.45, 2.75) is 38.6 Å². The number of hydrazine groups is 1. The number of carbonyl (C=O) groups excluding carboxylic acids is 2. The highest BCUT2D eigenvalue weighted by Crippen LogP contribution is 2.28. The topological polar surface area (TPSA) is 162 Å². The molecule has 2 amide bonds. The maximum atomic E-state index is 12.9. The molecule has 0 radical (unpaired) electrons. The van der Waals surface area contributed by atoms with Crippen LogP contribution in [0.1, 0.15) is 45.8 Å². The van der Waals surface area contributed by atoms with Crippen LogP contribution in [0, 0.1) is 12.3 Å². The molecule has 1 fully saturated rings. The average Bonchev–Trinajstić information content (AvgIpc) is 3.34. The zero-order valence-electron chi connectivity index (χ0n) is 22.2. The Bertz CT molecular complexity index is 1510. The van der Waals surface area contributed by atoms with E-state index in [1.807, 2.05) is 37.3 Å². The second-order valence-corrected chi connectivity index (χ2v) is 9.82. The van der Waals surface area contributed by atoms with E-state index in [0.717, 1.165) is 28.0 Å². The molecule has 0 aliphatic carbocycles.